The molecule has 1 amide bonds. The van der Waals surface area contributed by atoms with Crippen molar-refractivity contribution in [2.24, 2.45) is 0 Å². The van der Waals surface area contributed by atoms with Gasteiger partial charge in [-0.3, -0.25) is 4.79 Å². The fourth-order valence-electron chi connectivity index (χ4n) is 4.60. The molecule has 33 heavy (non-hydrogen) atoms. The summed E-state index contributed by atoms with van der Waals surface area (Å²) in [5.41, 5.74) is 4.68. The van der Waals surface area contributed by atoms with Crippen LogP contribution in [0.15, 0.2) is 24.4 Å². The van der Waals surface area contributed by atoms with E-state index in [4.69, 9.17) is 4.98 Å². The van der Waals surface area contributed by atoms with E-state index in [-0.39, 0.29) is 5.91 Å². The first-order valence-electron chi connectivity index (χ1n) is 11.2. The number of piperidine rings is 1. The molecule has 4 heterocycles. The van der Waals surface area contributed by atoms with Crippen LogP contribution in [0, 0.1) is 13.8 Å². The highest BCUT2D eigenvalue weighted by atomic mass is 32.1. The lowest BCUT2D eigenvalue weighted by molar-refractivity contribution is 0.0990. The van der Waals surface area contributed by atoms with Crippen molar-refractivity contribution < 1.29 is 4.79 Å². The molecule has 0 aliphatic carbocycles. The maximum absolute atomic E-state index is 12.9. The summed E-state index contributed by atoms with van der Waals surface area (Å²) in [6.45, 7) is 6.33. The molecule has 1 fully saturated rings. The second-order valence-electron chi connectivity index (χ2n) is 8.99. The largest absolute Gasteiger partial charge is 0.324 e. The van der Waals surface area contributed by atoms with E-state index in [1.54, 1.807) is 18.1 Å². The zero-order valence-electron chi connectivity index (χ0n) is 19.7. The third-order valence-corrected chi connectivity index (χ3v) is 7.69. The third-order valence-electron chi connectivity index (χ3n) is 6.64. The highest BCUT2D eigenvalue weighted by molar-refractivity contribution is 7.16. The number of carbonyl (C=O) groups excluding carboxylic acids is 1. The Bertz CT molecular complexity index is 1220. The van der Waals surface area contributed by atoms with E-state index >= 15 is 0 Å². The van der Waals surface area contributed by atoms with Gasteiger partial charge in [-0.25, -0.2) is 9.97 Å². The van der Waals surface area contributed by atoms with E-state index in [0.717, 1.165) is 28.8 Å². The number of carbonyl (C=O) groups is 1. The second-order valence-corrected chi connectivity index (χ2v) is 10.2. The van der Waals surface area contributed by atoms with Crippen LogP contribution in [0.1, 0.15) is 45.4 Å². The number of rotatable bonds is 3. The molecule has 3 aromatic rings. The van der Waals surface area contributed by atoms with Crippen LogP contribution >= 0.6 is 11.3 Å². The van der Waals surface area contributed by atoms with Gasteiger partial charge in [0.15, 0.2) is 11.5 Å². The number of thiazole rings is 1. The van der Waals surface area contributed by atoms with E-state index in [1.165, 1.54) is 35.3 Å². The van der Waals surface area contributed by atoms with Crippen LogP contribution in [-0.2, 0) is 0 Å². The monoisotopic (exact) mass is 463 g/mol. The lowest BCUT2D eigenvalue weighted by Crippen LogP contribution is -2.29. The molecule has 9 heteroatoms. The van der Waals surface area contributed by atoms with Gasteiger partial charge in [-0.15, -0.1) is 11.3 Å². The fourth-order valence-corrected chi connectivity index (χ4v) is 5.47. The minimum absolute atomic E-state index is 0.149. The van der Waals surface area contributed by atoms with Gasteiger partial charge in [0.05, 0.1) is 11.2 Å². The number of anilines is 5. The molecule has 1 saturated heterocycles. The van der Waals surface area contributed by atoms with Crippen LogP contribution in [0.3, 0.4) is 0 Å². The summed E-state index contributed by atoms with van der Waals surface area (Å²) < 4.78 is 0. The molecule has 172 valence electrons. The van der Waals surface area contributed by atoms with Gasteiger partial charge in [0.1, 0.15) is 10.7 Å². The van der Waals surface area contributed by atoms with Crippen molar-refractivity contribution in [3.05, 3.63) is 46.2 Å². The summed E-state index contributed by atoms with van der Waals surface area (Å²) >= 11 is 1.49. The molecule has 0 saturated carbocycles. The van der Waals surface area contributed by atoms with E-state index in [1.807, 2.05) is 18.9 Å². The molecule has 5 rings (SSSR count). The molecule has 0 bridgehead atoms. The lowest BCUT2D eigenvalue weighted by atomic mass is 9.88. The highest BCUT2D eigenvalue weighted by Crippen LogP contribution is 2.41. The first kappa shape index (κ1) is 21.8. The van der Waals surface area contributed by atoms with Crippen molar-refractivity contribution in [3.8, 4) is 0 Å². The molecule has 1 N–H and O–H groups in total. The Kier molecular flexibility index (Phi) is 5.54. The van der Waals surface area contributed by atoms with E-state index < -0.39 is 0 Å². The smallest absolute Gasteiger partial charge is 0.279 e. The summed E-state index contributed by atoms with van der Waals surface area (Å²) in [6.07, 6.45) is 4.10. The summed E-state index contributed by atoms with van der Waals surface area (Å²) in [4.78, 5) is 32.6. The Morgan fingerprint density at radius 2 is 1.82 bits per heavy atom. The third kappa shape index (κ3) is 3.95. The van der Waals surface area contributed by atoms with Gasteiger partial charge in [-0.2, -0.15) is 4.98 Å². The van der Waals surface area contributed by atoms with Gasteiger partial charge < -0.3 is 20.0 Å². The molecule has 8 nitrogen and oxygen atoms in total. The van der Waals surface area contributed by atoms with E-state index in [9.17, 15) is 4.79 Å². The van der Waals surface area contributed by atoms with Gasteiger partial charge >= 0.3 is 0 Å². The number of hydrogen-bond acceptors (Lipinski definition) is 8. The van der Waals surface area contributed by atoms with Crippen LogP contribution in [-0.4, -0.2) is 60.0 Å². The van der Waals surface area contributed by atoms with Crippen molar-refractivity contribution in [2.75, 3.05) is 49.3 Å². The van der Waals surface area contributed by atoms with Crippen molar-refractivity contribution in [1.82, 2.24) is 19.9 Å². The van der Waals surface area contributed by atoms with Crippen molar-refractivity contribution in [3.63, 3.8) is 0 Å². The molecule has 2 aliphatic rings. The molecule has 2 aliphatic heterocycles. The molecule has 0 unspecified atom stereocenters. The molecule has 1 aromatic carbocycles. The van der Waals surface area contributed by atoms with Gasteiger partial charge in [0, 0.05) is 19.8 Å². The Balaban J connectivity index is 1.43. The van der Waals surface area contributed by atoms with Crippen LogP contribution < -0.4 is 15.1 Å². The number of likely N-dealkylation sites (tertiary alicyclic amines) is 1. The van der Waals surface area contributed by atoms with Crippen molar-refractivity contribution in [1.29, 1.82) is 0 Å². The average molecular weight is 464 g/mol. The number of hydrogen-bond donors (Lipinski definition) is 1. The Morgan fingerprint density at radius 1 is 1.06 bits per heavy atom. The molecule has 0 atom stereocenters. The van der Waals surface area contributed by atoms with E-state index in [0.29, 0.717) is 29.1 Å². The summed E-state index contributed by atoms with van der Waals surface area (Å²) in [7, 11) is 5.85. The summed E-state index contributed by atoms with van der Waals surface area (Å²) in [5, 5.41) is 5.03. The van der Waals surface area contributed by atoms with E-state index in [2.05, 4.69) is 52.4 Å². The Hall–Kier alpha value is -3.04. The second kappa shape index (κ2) is 8.39. The topological polar surface area (TPSA) is 77.5 Å². The minimum atomic E-state index is -0.149. The normalized spacial score (nSPS) is 17.1. The zero-order chi connectivity index (χ0) is 23.3. The summed E-state index contributed by atoms with van der Waals surface area (Å²) in [5.74, 6) is 1.65. The Labute approximate surface area is 198 Å². The van der Waals surface area contributed by atoms with Gasteiger partial charge in [0.2, 0.25) is 5.95 Å². The fraction of sp³-hybridized carbons (Fsp3) is 0.417. The van der Waals surface area contributed by atoms with Crippen LogP contribution in [0.4, 0.5) is 28.1 Å². The van der Waals surface area contributed by atoms with Gasteiger partial charge in [0.25, 0.3) is 5.91 Å². The first-order valence-corrected chi connectivity index (χ1v) is 12.1. The van der Waals surface area contributed by atoms with Gasteiger partial charge in [-0.1, -0.05) is 12.1 Å². The number of fused-ring (bicyclic) bond motifs is 2. The number of aromatic nitrogens is 3. The van der Waals surface area contributed by atoms with Crippen molar-refractivity contribution in [2.45, 2.75) is 32.6 Å². The Morgan fingerprint density at radius 3 is 2.55 bits per heavy atom. The molecular weight excluding hydrogens is 434 g/mol. The SMILES string of the molecule is Cc1nc2c(s1)N(C)c1nc(Nc3ccc(C4CCN(C)CC4)cc3C)ncc1N(C)C2=O. The van der Waals surface area contributed by atoms with Crippen molar-refractivity contribution >= 4 is 45.4 Å². The average Bonchev–Trinajstić information content (AvgIpc) is 3.18. The molecule has 0 radical (unpaired) electrons. The number of benzene rings is 1. The first-order chi connectivity index (χ1) is 15.8. The maximum atomic E-state index is 12.9. The quantitative estimate of drug-likeness (QED) is 0.614. The van der Waals surface area contributed by atoms with Crippen LogP contribution in [0.25, 0.3) is 0 Å². The predicted octanol–water partition coefficient (Wildman–Crippen LogP) is 4.46. The minimum Gasteiger partial charge on any atom is -0.324 e. The standard InChI is InChI=1S/C24H29N7OS/c1-14-12-17(16-8-10-29(3)11-9-16)6-7-18(14)27-24-25-13-19-21(28-24)31(5)23-20(22(32)30(19)4)26-15(2)33-23/h6-7,12-13,16H,8-11H2,1-5H3,(H,25,27,28). The highest BCUT2D eigenvalue weighted by Gasteiger charge is 2.32. The number of aryl methyl sites for hydroxylation is 2. The molecule has 0 spiro atoms. The summed E-state index contributed by atoms with van der Waals surface area (Å²) in [6, 6.07) is 6.63. The van der Waals surface area contributed by atoms with Crippen LogP contribution in [0.2, 0.25) is 0 Å². The number of amides is 1. The van der Waals surface area contributed by atoms with Gasteiger partial charge in [-0.05, 0) is 69.9 Å². The maximum Gasteiger partial charge on any atom is 0.279 e. The predicted molar refractivity (Wildman–Crippen MR) is 134 cm³/mol. The van der Waals surface area contributed by atoms with Crippen LogP contribution in [0.5, 0.6) is 0 Å². The molecular formula is C24H29N7OS. The lowest BCUT2D eigenvalue weighted by Gasteiger charge is -2.29. The number of nitrogens with one attached hydrogen (secondary N) is 1. The molecule has 2 aromatic heterocycles. The zero-order valence-corrected chi connectivity index (χ0v) is 20.5. The number of nitrogens with zero attached hydrogens (tertiary/aromatic N) is 6.